The van der Waals surface area contributed by atoms with Crippen molar-refractivity contribution in [1.82, 2.24) is 29.6 Å². The number of hydrogen-bond donors (Lipinski definition) is 2. The molecule has 10 heteroatoms. The Morgan fingerprint density at radius 2 is 2.33 bits per heavy atom. The van der Waals surface area contributed by atoms with Crippen molar-refractivity contribution < 1.29 is 9.53 Å². The molecule has 1 amide bonds. The highest BCUT2D eigenvalue weighted by Gasteiger charge is 2.57. The number of carbonyl (C=O) groups excluding carboxylic acids is 1. The number of nitrogens with zero attached hydrogens (tertiary/aromatic N) is 5. The molecular weight excluding hydrogens is 406 g/mol. The molecule has 2 fully saturated rings. The number of halogens is 1. The minimum Gasteiger partial charge on any atom is -0.471 e. The van der Waals surface area contributed by atoms with Crippen molar-refractivity contribution in [3.05, 3.63) is 36.3 Å². The van der Waals surface area contributed by atoms with Gasteiger partial charge < -0.3 is 19.9 Å². The first-order valence-corrected chi connectivity index (χ1v) is 10.3. The maximum atomic E-state index is 12.1. The molecule has 2 N–H and O–H groups in total. The zero-order chi connectivity index (χ0) is 20.9. The van der Waals surface area contributed by atoms with Crippen LogP contribution in [0.25, 0.3) is 11.0 Å². The first-order chi connectivity index (χ1) is 14.5. The molecule has 9 nitrogen and oxygen atoms in total. The first kappa shape index (κ1) is 18.9. The van der Waals surface area contributed by atoms with Crippen LogP contribution in [-0.4, -0.2) is 54.7 Å². The summed E-state index contributed by atoms with van der Waals surface area (Å²) in [6.07, 6.45) is 8.51. The first-order valence-electron chi connectivity index (χ1n) is 9.93. The summed E-state index contributed by atoms with van der Waals surface area (Å²) < 4.78 is 8.20. The molecule has 0 bridgehead atoms. The summed E-state index contributed by atoms with van der Waals surface area (Å²) in [6, 6.07) is 0. The van der Waals surface area contributed by atoms with Gasteiger partial charge in [-0.25, -0.2) is 0 Å². The third-order valence-electron chi connectivity index (χ3n) is 5.87. The molecule has 1 aliphatic carbocycles. The van der Waals surface area contributed by atoms with Gasteiger partial charge in [-0.1, -0.05) is 18.2 Å². The van der Waals surface area contributed by atoms with Gasteiger partial charge in [-0.15, -0.1) is 0 Å². The number of aromatic nitrogens is 5. The number of carbonyl (C=O) groups is 1. The fourth-order valence-corrected chi connectivity index (χ4v) is 4.23. The quantitative estimate of drug-likeness (QED) is 0.586. The summed E-state index contributed by atoms with van der Waals surface area (Å²) in [6.45, 7) is 7.57. The minimum absolute atomic E-state index is 0.0193. The summed E-state index contributed by atoms with van der Waals surface area (Å²) >= 11 is 6.38. The molecule has 3 aromatic rings. The van der Waals surface area contributed by atoms with Crippen LogP contribution in [0.3, 0.4) is 0 Å². The van der Waals surface area contributed by atoms with E-state index in [4.69, 9.17) is 16.3 Å². The predicted octanol–water partition coefficient (Wildman–Crippen LogP) is 3.13. The zero-order valence-electron chi connectivity index (χ0n) is 16.6. The molecule has 1 spiro atoms. The van der Waals surface area contributed by atoms with Crippen molar-refractivity contribution in [2.75, 3.05) is 18.4 Å². The molecule has 5 rings (SSSR count). The number of rotatable bonds is 6. The SMILES string of the molecule is C=CC(=O)N1C[C@H](Oc2nc(Nc3cnn(CC)c3)nc3[nH]cc(Cl)c23)C2(CC2)C1. The fraction of sp³-hybridized carbons (Fsp3) is 0.400. The zero-order valence-corrected chi connectivity index (χ0v) is 17.3. The molecule has 1 saturated carbocycles. The molecule has 0 unspecified atom stereocenters. The lowest BCUT2D eigenvalue weighted by atomic mass is 10.0. The monoisotopic (exact) mass is 427 g/mol. The van der Waals surface area contributed by atoms with Gasteiger partial charge in [0.05, 0.1) is 28.8 Å². The second-order valence-electron chi connectivity index (χ2n) is 7.81. The van der Waals surface area contributed by atoms with E-state index in [0.717, 1.165) is 25.1 Å². The van der Waals surface area contributed by atoms with Crippen molar-refractivity contribution in [2.24, 2.45) is 5.41 Å². The largest absolute Gasteiger partial charge is 0.471 e. The number of anilines is 2. The van der Waals surface area contributed by atoms with Gasteiger partial charge in [0.1, 0.15) is 11.8 Å². The molecule has 30 heavy (non-hydrogen) atoms. The topological polar surface area (TPSA) is 101 Å². The minimum atomic E-state index is -0.152. The normalized spacial score (nSPS) is 19.4. The molecule has 3 aromatic heterocycles. The van der Waals surface area contributed by atoms with E-state index in [-0.39, 0.29) is 17.4 Å². The van der Waals surface area contributed by atoms with Crippen LogP contribution in [0.1, 0.15) is 19.8 Å². The van der Waals surface area contributed by atoms with Crippen LogP contribution < -0.4 is 10.1 Å². The van der Waals surface area contributed by atoms with Crippen LogP contribution in [0.15, 0.2) is 31.2 Å². The second kappa shape index (κ2) is 7.02. The molecular formula is C20H22ClN7O2. The summed E-state index contributed by atoms with van der Waals surface area (Å²) in [5.41, 5.74) is 1.34. The molecule has 2 aliphatic rings. The Morgan fingerprint density at radius 1 is 1.50 bits per heavy atom. The Labute approximate surface area is 178 Å². The van der Waals surface area contributed by atoms with Crippen LogP contribution >= 0.6 is 11.6 Å². The lowest BCUT2D eigenvalue weighted by Gasteiger charge is -2.19. The van der Waals surface area contributed by atoms with Gasteiger partial charge in [-0.2, -0.15) is 15.1 Å². The van der Waals surface area contributed by atoms with Gasteiger partial charge in [-0.3, -0.25) is 9.48 Å². The van der Waals surface area contributed by atoms with Crippen LogP contribution in [-0.2, 0) is 11.3 Å². The van der Waals surface area contributed by atoms with Gasteiger partial charge in [0.25, 0.3) is 0 Å². The fourth-order valence-electron chi connectivity index (χ4n) is 4.01. The van der Waals surface area contributed by atoms with E-state index in [1.54, 1.807) is 17.3 Å². The van der Waals surface area contributed by atoms with Gasteiger partial charge in [0.2, 0.25) is 17.7 Å². The molecule has 0 radical (unpaired) electrons. The highest BCUT2D eigenvalue weighted by Crippen LogP contribution is 2.54. The third-order valence-corrected chi connectivity index (χ3v) is 6.17. The van der Waals surface area contributed by atoms with Crippen LogP contribution in [0.4, 0.5) is 11.6 Å². The van der Waals surface area contributed by atoms with E-state index in [9.17, 15) is 4.79 Å². The summed E-state index contributed by atoms with van der Waals surface area (Å²) in [5, 5.41) is 8.56. The third kappa shape index (κ3) is 3.19. The van der Waals surface area contributed by atoms with E-state index in [1.807, 2.05) is 17.8 Å². The smallest absolute Gasteiger partial charge is 0.246 e. The van der Waals surface area contributed by atoms with Crippen molar-refractivity contribution in [2.45, 2.75) is 32.4 Å². The number of likely N-dealkylation sites (tertiary alicyclic amines) is 1. The maximum Gasteiger partial charge on any atom is 0.246 e. The number of ether oxygens (including phenoxy) is 1. The molecule has 4 heterocycles. The van der Waals surface area contributed by atoms with Crippen LogP contribution in [0.5, 0.6) is 5.88 Å². The van der Waals surface area contributed by atoms with E-state index in [0.29, 0.717) is 41.0 Å². The number of nitrogens with one attached hydrogen (secondary N) is 2. The number of fused-ring (bicyclic) bond motifs is 1. The van der Waals surface area contributed by atoms with E-state index < -0.39 is 0 Å². The van der Waals surface area contributed by atoms with E-state index in [2.05, 4.69) is 31.9 Å². The predicted molar refractivity (Wildman–Crippen MR) is 113 cm³/mol. The van der Waals surface area contributed by atoms with E-state index >= 15 is 0 Å². The number of aromatic amines is 1. The van der Waals surface area contributed by atoms with Crippen molar-refractivity contribution in [3.63, 3.8) is 0 Å². The van der Waals surface area contributed by atoms with Gasteiger partial charge in [-0.05, 0) is 25.8 Å². The molecule has 0 aromatic carbocycles. The van der Waals surface area contributed by atoms with Crippen molar-refractivity contribution in [3.8, 4) is 5.88 Å². The molecule has 1 atom stereocenters. The van der Waals surface area contributed by atoms with Gasteiger partial charge in [0.15, 0.2) is 0 Å². The average molecular weight is 428 g/mol. The lowest BCUT2D eigenvalue weighted by Crippen LogP contribution is -2.30. The number of aryl methyl sites for hydroxylation is 1. The number of amides is 1. The second-order valence-corrected chi connectivity index (χ2v) is 8.22. The Hall–Kier alpha value is -3.07. The summed E-state index contributed by atoms with van der Waals surface area (Å²) in [7, 11) is 0. The standard InChI is InChI=1S/C20H22ClN7O2/c1-3-15(29)27-10-14(20(11-27)5-6-20)30-18-16-13(21)8-22-17(16)25-19(26-18)24-12-7-23-28(4-2)9-12/h3,7-9,14H,1,4-6,10-11H2,2H3,(H2,22,24,25,26)/t14-/m0/s1. The summed E-state index contributed by atoms with van der Waals surface area (Å²) in [4.78, 5) is 26.1. The Balaban J connectivity index is 1.46. The Bertz CT molecular complexity index is 1130. The van der Waals surface area contributed by atoms with Crippen molar-refractivity contribution >= 4 is 40.2 Å². The van der Waals surface area contributed by atoms with Crippen LogP contribution in [0.2, 0.25) is 5.02 Å². The summed E-state index contributed by atoms with van der Waals surface area (Å²) in [5.74, 6) is 0.713. The number of hydrogen-bond acceptors (Lipinski definition) is 6. The van der Waals surface area contributed by atoms with Gasteiger partial charge in [0, 0.05) is 30.9 Å². The average Bonchev–Trinajstić information content (AvgIpc) is 3.05. The van der Waals surface area contributed by atoms with Gasteiger partial charge >= 0.3 is 0 Å². The Morgan fingerprint density at radius 3 is 3.03 bits per heavy atom. The lowest BCUT2D eigenvalue weighted by molar-refractivity contribution is -0.125. The Kier molecular flexibility index (Phi) is 4.43. The van der Waals surface area contributed by atoms with Crippen molar-refractivity contribution in [1.29, 1.82) is 0 Å². The molecule has 156 valence electrons. The number of H-pyrrole nitrogens is 1. The highest BCUT2D eigenvalue weighted by atomic mass is 35.5. The molecule has 1 saturated heterocycles. The highest BCUT2D eigenvalue weighted by molar-refractivity contribution is 6.35. The maximum absolute atomic E-state index is 12.1. The van der Waals surface area contributed by atoms with Crippen LogP contribution in [0, 0.1) is 5.41 Å². The molecule has 1 aliphatic heterocycles. The van der Waals surface area contributed by atoms with E-state index in [1.165, 1.54) is 6.08 Å².